The van der Waals surface area contributed by atoms with Crippen molar-refractivity contribution in [2.24, 2.45) is 5.92 Å². The fourth-order valence-electron chi connectivity index (χ4n) is 2.74. The molecule has 0 aromatic heterocycles. The lowest BCUT2D eigenvalue weighted by molar-refractivity contribution is -0.151. The van der Waals surface area contributed by atoms with Crippen LogP contribution in [0.5, 0.6) is 0 Å². The Kier molecular flexibility index (Phi) is 5.15. The molecule has 0 saturated carbocycles. The van der Waals surface area contributed by atoms with Crippen LogP contribution in [0.15, 0.2) is 0 Å². The van der Waals surface area contributed by atoms with E-state index in [1.165, 1.54) is 9.21 Å². The van der Waals surface area contributed by atoms with Crippen LogP contribution in [0, 0.1) is 5.92 Å². The maximum absolute atomic E-state index is 12.5. The normalized spacial score (nSPS) is 25.8. The quantitative estimate of drug-likeness (QED) is 0.759. The second-order valence-electron chi connectivity index (χ2n) is 5.40. The van der Waals surface area contributed by atoms with Gasteiger partial charge in [-0.05, 0) is 12.8 Å². The summed E-state index contributed by atoms with van der Waals surface area (Å²) in [5, 5.41) is 9.21. The molecule has 1 unspecified atom stereocenters. The molecule has 0 aromatic rings. The lowest BCUT2D eigenvalue weighted by atomic mass is 9.96. The minimum Gasteiger partial charge on any atom is -0.480 e. The predicted octanol–water partition coefficient (Wildman–Crippen LogP) is -0.313. The maximum atomic E-state index is 12.5. The number of carbonyl (C=O) groups is 2. The highest BCUT2D eigenvalue weighted by Crippen LogP contribution is 2.25. The Morgan fingerprint density at radius 2 is 1.81 bits per heavy atom. The van der Waals surface area contributed by atoms with Gasteiger partial charge in [0.1, 0.15) is 6.04 Å². The van der Waals surface area contributed by atoms with Crippen LogP contribution < -0.4 is 0 Å². The Labute approximate surface area is 128 Å². The molecule has 2 heterocycles. The SMILES string of the molecule is CS(=O)(=O)N1CCC(C(=O)N2CCSCC2C(=O)O)CC1. The maximum Gasteiger partial charge on any atom is 0.327 e. The predicted molar refractivity (Wildman–Crippen MR) is 79.6 cm³/mol. The van der Waals surface area contributed by atoms with E-state index in [4.69, 9.17) is 0 Å². The molecule has 9 heteroatoms. The molecule has 1 atom stereocenters. The minimum absolute atomic E-state index is 0.143. The zero-order valence-corrected chi connectivity index (χ0v) is 13.5. The Bertz CT molecular complexity index is 514. The van der Waals surface area contributed by atoms with Crippen LogP contribution in [0.1, 0.15) is 12.8 Å². The van der Waals surface area contributed by atoms with Crippen molar-refractivity contribution in [2.45, 2.75) is 18.9 Å². The molecule has 21 heavy (non-hydrogen) atoms. The van der Waals surface area contributed by atoms with E-state index in [0.29, 0.717) is 38.2 Å². The molecular weight excluding hydrogens is 316 g/mol. The van der Waals surface area contributed by atoms with E-state index in [1.807, 2.05) is 0 Å². The summed E-state index contributed by atoms with van der Waals surface area (Å²) in [7, 11) is -3.21. The van der Waals surface area contributed by atoms with E-state index in [9.17, 15) is 23.1 Å². The second-order valence-corrected chi connectivity index (χ2v) is 8.53. The van der Waals surface area contributed by atoms with E-state index < -0.39 is 22.0 Å². The van der Waals surface area contributed by atoms with Crippen molar-refractivity contribution in [3.05, 3.63) is 0 Å². The molecule has 0 aromatic carbocycles. The number of piperidine rings is 1. The molecule has 2 fully saturated rings. The van der Waals surface area contributed by atoms with Gasteiger partial charge in [0, 0.05) is 37.1 Å². The Balaban J connectivity index is 1.99. The summed E-state index contributed by atoms with van der Waals surface area (Å²) in [6.07, 6.45) is 2.08. The van der Waals surface area contributed by atoms with Gasteiger partial charge in [-0.3, -0.25) is 4.79 Å². The first-order valence-electron chi connectivity index (χ1n) is 6.87. The number of thioether (sulfide) groups is 1. The number of aliphatic carboxylic acids is 1. The summed E-state index contributed by atoms with van der Waals surface area (Å²) in [5.41, 5.74) is 0. The number of sulfonamides is 1. The van der Waals surface area contributed by atoms with Gasteiger partial charge in [-0.15, -0.1) is 0 Å². The molecule has 1 N–H and O–H groups in total. The molecule has 0 aliphatic carbocycles. The van der Waals surface area contributed by atoms with Crippen LogP contribution in [0.4, 0.5) is 0 Å². The monoisotopic (exact) mass is 336 g/mol. The van der Waals surface area contributed by atoms with Crippen molar-refractivity contribution in [1.29, 1.82) is 0 Å². The van der Waals surface area contributed by atoms with E-state index in [-0.39, 0.29) is 11.8 Å². The van der Waals surface area contributed by atoms with Gasteiger partial charge in [0.15, 0.2) is 0 Å². The molecule has 2 aliphatic heterocycles. The first kappa shape index (κ1) is 16.6. The number of hydrogen-bond donors (Lipinski definition) is 1. The van der Waals surface area contributed by atoms with Crippen LogP contribution in [0.3, 0.4) is 0 Å². The van der Waals surface area contributed by atoms with Crippen LogP contribution in [-0.2, 0) is 19.6 Å². The molecule has 0 spiro atoms. The van der Waals surface area contributed by atoms with Gasteiger partial charge < -0.3 is 10.0 Å². The van der Waals surface area contributed by atoms with Crippen molar-refractivity contribution >= 4 is 33.7 Å². The van der Waals surface area contributed by atoms with Crippen molar-refractivity contribution < 1.29 is 23.1 Å². The summed E-state index contributed by atoms with van der Waals surface area (Å²) in [6.45, 7) is 1.11. The Morgan fingerprint density at radius 3 is 2.33 bits per heavy atom. The van der Waals surface area contributed by atoms with Crippen molar-refractivity contribution in [1.82, 2.24) is 9.21 Å². The molecular formula is C12H20N2O5S2. The number of carboxylic acids is 1. The lowest BCUT2D eigenvalue weighted by Gasteiger charge is -2.37. The number of amides is 1. The number of nitrogens with zero attached hydrogens (tertiary/aromatic N) is 2. The Hall–Kier alpha value is -0.800. The van der Waals surface area contributed by atoms with E-state index in [0.717, 1.165) is 12.0 Å². The average Bonchev–Trinajstić information content (AvgIpc) is 2.45. The van der Waals surface area contributed by atoms with E-state index >= 15 is 0 Å². The van der Waals surface area contributed by atoms with Gasteiger partial charge in [-0.1, -0.05) is 0 Å². The van der Waals surface area contributed by atoms with Gasteiger partial charge in [-0.25, -0.2) is 17.5 Å². The molecule has 7 nitrogen and oxygen atoms in total. The summed E-state index contributed by atoms with van der Waals surface area (Å²) < 4.78 is 24.3. The first-order chi connectivity index (χ1) is 9.80. The molecule has 0 bridgehead atoms. The second kappa shape index (κ2) is 6.53. The zero-order chi connectivity index (χ0) is 15.6. The van der Waals surface area contributed by atoms with Gasteiger partial charge in [0.25, 0.3) is 0 Å². The number of carboxylic acid groups (broad SMARTS) is 1. The summed E-state index contributed by atoms with van der Waals surface area (Å²) in [6, 6.07) is -0.760. The number of carbonyl (C=O) groups excluding carboxylic acids is 1. The highest BCUT2D eigenvalue weighted by Gasteiger charge is 2.37. The highest BCUT2D eigenvalue weighted by molar-refractivity contribution is 7.99. The van der Waals surface area contributed by atoms with E-state index in [2.05, 4.69) is 0 Å². The van der Waals surface area contributed by atoms with Crippen LogP contribution in [-0.4, -0.2) is 78.0 Å². The fourth-order valence-corrected chi connectivity index (χ4v) is 4.65. The fraction of sp³-hybridized carbons (Fsp3) is 0.833. The topological polar surface area (TPSA) is 95.0 Å². The van der Waals surface area contributed by atoms with Crippen molar-refractivity contribution in [3.8, 4) is 0 Å². The highest BCUT2D eigenvalue weighted by atomic mass is 32.2. The first-order valence-corrected chi connectivity index (χ1v) is 9.87. The largest absolute Gasteiger partial charge is 0.480 e. The van der Waals surface area contributed by atoms with Crippen LogP contribution >= 0.6 is 11.8 Å². The van der Waals surface area contributed by atoms with E-state index in [1.54, 1.807) is 11.8 Å². The number of rotatable bonds is 3. The minimum atomic E-state index is -3.21. The molecule has 2 rings (SSSR count). The number of hydrogen-bond acceptors (Lipinski definition) is 5. The molecule has 2 saturated heterocycles. The van der Waals surface area contributed by atoms with Crippen molar-refractivity contribution in [3.63, 3.8) is 0 Å². The standard InChI is InChI=1S/C12H20N2O5S2/c1-21(18,19)13-4-2-9(3-5-13)11(15)14-6-7-20-8-10(14)12(16)17/h9-10H,2-8H2,1H3,(H,16,17). The summed E-state index contributed by atoms with van der Waals surface area (Å²) in [5.74, 6) is -0.214. The third-order valence-corrected chi connectivity index (χ3v) is 6.29. The molecule has 120 valence electrons. The van der Waals surface area contributed by atoms with Gasteiger partial charge >= 0.3 is 5.97 Å². The molecule has 0 radical (unpaired) electrons. The van der Waals surface area contributed by atoms with Crippen LogP contribution in [0.25, 0.3) is 0 Å². The smallest absolute Gasteiger partial charge is 0.327 e. The molecule has 2 aliphatic rings. The lowest BCUT2D eigenvalue weighted by Crippen LogP contribution is -2.53. The third kappa shape index (κ3) is 3.89. The zero-order valence-electron chi connectivity index (χ0n) is 11.9. The summed E-state index contributed by atoms with van der Waals surface area (Å²) in [4.78, 5) is 25.2. The summed E-state index contributed by atoms with van der Waals surface area (Å²) >= 11 is 1.54. The Morgan fingerprint density at radius 1 is 1.19 bits per heavy atom. The van der Waals surface area contributed by atoms with Gasteiger partial charge in [0.05, 0.1) is 6.26 Å². The van der Waals surface area contributed by atoms with Gasteiger partial charge in [-0.2, -0.15) is 11.8 Å². The third-order valence-electron chi connectivity index (χ3n) is 3.97. The molecule has 1 amide bonds. The van der Waals surface area contributed by atoms with Crippen molar-refractivity contribution in [2.75, 3.05) is 37.4 Å². The van der Waals surface area contributed by atoms with Crippen LogP contribution in [0.2, 0.25) is 0 Å². The van der Waals surface area contributed by atoms with Gasteiger partial charge in [0.2, 0.25) is 15.9 Å². The average molecular weight is 336 g/mol.